The summed E-state index contributed by atoms with van der Waals surface area (Å²) in [5, 5.41) is 1.37. The topological polar surface area (TPSA) is 38.3 Å². The summed E-state index contributed by atoms with van der Waals surface area (Å²) in [6, 6.07) is 7.65. The number of hydrogen-bond donors (Lipinski definition) is 1. The summed E-state index contributed by atoms with van der Waals surface area (Å²) in [5.41, 5.74) is 2.00. The van der Waals surface area contributed by atoms with Crippen molar-refractivity contribution in [2.75, 3.05) is 0 Å². The zero-order valence-electron chi connectivity index (χ0n) is 10.4. The van der Waals surface area contributed by atoms with Crippen molar-refractivity contribution in [2.45, 2.75) is 26.4 Å². The average Bonchev–Trinajstić information content (AvgIpc) is 2.64. The van der Waals surface area contributed by atoms with Gasteiger partial charge in [-0.05, 0) is 26.8 Å². The van der Waals surface area contributed by atoms with E-state index in [0.29, 0.717) is 9.90 Å². The van der Waals surface area contributed by atoms with Crippen LogP contribution in [-0.4, -0.2) is 11.5 Å². The van der Waals surface area contributed by atoms with Gasteiger partial charge in [-0.1, -0.05) is 29.8 Å². The highest BCUT2D eigenvalue weighted by Gasteiger charge is 2.19. The van der Waals surface area contributed by atoms with E-state index in [9.17, 15) is 4.79 Å². The van der Waals surface area contributed by atoms with Crippen molar-refractivity contribution < 1.29 is 9.63 Å². The molecule has 0 fully saturated rings. The third kappa shape index (κ3) is 2.83. The minimum absolute atomic E-state index is 0.309. The van der Waals surface area contributed by atoms with E-state index in [-0.39, 0.29) is 5.91 Å². The minimum atomic E-state index is -0.432. The maximum atomic E-state index is 12.0. The van der Waals surface area contributed by atoms with Gasteiger partial charge in [-0.2, -0.15) is 0 Å². The Morgan fingerprint density at radius 3 is 2.61 bits per heavy atom. The molecule has 1 amide bonds. The van der Waals surface area contributed by atoms with Gasteiger partial charge in [0, 0.05) is 10.1 Å². The van der Waals surface area contributed by atoms with E-state index < -0.39 is 5.60 Å². The zero-order chi connectivity index (χ0) is 13.3. The molecule has 96 valence electrons. The average molecular weight is 284 g/mol. The zero-order valence-corrected chi connectivity index (χ0v) is 12.0. The van der Waals surface area contributed by atoms with Crippen molar-refractivity contribution in [1.29, 1.82) is 0 Å². The fraction of sp³-hybridized carbons (Fsp3) is 0.308. The van der Waals surface area contributed by atoms with Gasteiger partial charge in [0.05, 0.1) is 10.6 Å². The molecule has 0 aliphatic rings. The van der Waals surface area contributed by atoms with Crippen LogP contribution in [0.25, 0.3) is 10.1 Å². The quantitative estimate of drug-likeness (QED) is 0.846. The second-order valence-corrected chi connectivity index (χ2v) is 6.32. The van der Waals surface area contributed by atoms with Gasteiger partial charge in [-0.3, -0.25) is 9.63 Å². The van der Waals surface area contributed by atoms with Crippen molar-refractivity contribution in [1.82, 2.24) is 5.48 Å². The molecule has 2 rings (SSSR count). The van der Waals surface area contributed by atoms with Crippen molar-refractivity contribution in [3.63, 3.8) is 0 Å². The van der Waals surface area contributed by atoms with Crippen LogP contribution in [0.1, 0.15) is 30.4 Å². The van der Waals surface area contributed by atoms with Crippen LogP contribution >= 0.6 is 22.9 Å². The Labute approximate surface area is 115 Å². The van der Waals surface area contributed by atoms with Crippen LogP contribution in [0.4, 0.5) is 0 Å². The molecule has 18 heavy (non-hydrogen) atoms. The number of benzene rings is 1. The Hall–Kier alpha value is -1.10. The lowest BCUT2D eigenvalue weighted by Crippen LogP contribution is -2.33. The van der Waals surface area contributed by atoms with Gasteiger partial charge in [0.1, 0.15) is 4.88 Å². The van der Waals surface area contributed by atoms with E-state index in [1.807, 2.05) is 45.0 Å². The van der Waals surface area contributed by atoms with Gasteiger partial charge >= 0.3 is 0 Å². The molecule has 0 atom stereocenters. The first-order valence-electron chi connectivity index (χ1n) is 5.54. The van der Waals surface area contributed by atoms with Crippen LogP contribution in [0, 0.1) is 0 Å². The number of halogens is 1. The van der Waals surface area contributed by atoms with E-state index in [0.717, 1.165) is 10.1 Å². The van der Waals surface area contributed by atoms with E-state index in [4.69, 9.17) is 16.4 Å². The summed E-state index contributed by atoms with van der Waals surface area (Å²) in [7, 11) is 0. The second-order valence-electron chi connectivity index (χ2n) is 4.89. The van der Waals surface area contributed by atoms with Crippen molar-refractivity contribution >= 4 is 38.9 Å². The van der Waals surface area contributed by atoms with Crippen molar-refractivity contribution in [3.05, 3.63) is 34.2 Å². The maximum absolute atomic E-state index is 12.0. The lowest BCUT2D eigenvalue weighted by atomic mass is 10.2. The summed E-state index contributed by atoms with van der Waals surface area (Å²) < 4.78 is 0.989. The van der Waals surface area contributed by atoms with Crippen LogP contribution in [0.3, 0.4) is 0 Å². The Morgan fingerprint density at radius 2 is 2.00 bits per heavy atom. The predicted molar refractivity (Wildman–Crippen MR) is 75.1 cm³/mol. The van der Waals surface area contributed by atoms with E-state index in [1.165, 1.54) is 11.3 Å². The van der Waals surface area contributed by atoms with E-state index >= 15 is 0 Å². The largest absolute Gasteiger partial charge is 0.286 e. The molecule has 0 unspecified atom stereocenters. The van der Waals surface area contributed by atoms with Gasteiger partial charge in [-0.15, -0.1) is 11.3 Å². The summed E-state index contributed by atoms with van der Waals surface area (Å²) >= 11 is 7.55. The molecule has 0 aliphatic carbocycles. The Kier molecular flexibility index (Phi) is 3.61. The predicted octanol–water partition coefficient (Wildman–Crippen LogP) is 4.01. The first kappa shape index (κ1) is 13.3. The first-order chi connectivity index (χ1) is 8.38. The number of amides is 1. The number of nitrogens with one attached hydrogen (secondary N) is 1. The van der Waals surface area contributed by atoms with Crippen LogP contribution in [-0.2, 0) is 4.84 Å². The molecule has 1 aromatic carbocycles. The number of hydrogen-bond acceptors (Lipinski definition) is 3. The van der Waals surface area contributed by atoms with Crippen molar-refractivity contribution in [3.8, 4) is 0 Å². The molecule has 2 aromatic rings. The van der Waals surface area contributed by atoms with Crippen LogP contribution in [0.2, 0.25) is 5.02 Å². The fourth-order valence-electron chi connectivity index (χ4n) is 1.41. The van der Waals surface area contributed by atoms with Gasteiger partial charge in [0.15, 0.2) is 0 Å². The normalized spacial score (nSPS) is 11.8. The molecule has 0 radical (unpaired) electrons. The number of thiophene rings is 1. The van der Waals surface area contributed by atoms with Gasteiger partial charge in [-0.25, -0.2) is 5.48 Å². The van der Waals surface area contributed by atoms with Crippen LogP contribution < -0.4 is 5.48 Å². The molecular weight excluding hydrogens is 270 g/mol. The molecule has 1 heterocycles. The number of rotatable bonds is 2. The third-order valence-corrected chi connectivity index (χ3v) is 3.87. The summed E-state index contributed by atoms with van der Waals surface area (Å²) in [6.45, 7) is 5.58. The Morgan fingerprint density at radius 1 is 1.33 bits per heavy atom. The molecule has 0 saturated heterocycles. The monoisotopic (exact) mass is 283 g/mol. The Bertz CT molecular complexity index is 586. The molecule has 3 nitrogen and oxygen atoms in total. The number of fused-ring (bicyclic) bond motifs is 1. The molecule has 0 aliphatic heterocycles. The molecule has 5 heteroatoms. The molecule has 0 bridgehead atoms. The maximum Gasteiger partial charge on any atom is 0.286 e. The molecule has 0 saturated carbocycles. The SMILES string of the molecule is CC(C)(C)ONC(=O)c1sc2ccccc2c1Cl. The van der Waals surface area contributed by atoms with E-state index in [2.05, 4.69) is 5.48 Å². The van der Waals surface area contributed by atoms with Crippen LogP contribution in [0.15, 0.2) is 24.3 Å². The van der Waals surface area contributed by atoms with Crippen LogP contribution in [0.5, 0.6) is 0 Å². The number of hydroxylamine groups is 1. The van der Waals surface area contributed by atoms with E-state index in [1.54, 1.807) is 0 Å². The molecule has 1 N–H and O–H groups in total. The molecule has 1 aromatic heterocycles. The molecule has 0 spiro atoms. The standard InChI is InChI=1S/C13H14ClNO2S/c1-13(2,3)17-15-12(16)11-10(14)8-6-4-5-7-9(8)18-11/h4-7H,1-3H3,(H,15,16). The lowest BCUT2D eigenvalue weighted by molar-refractivity contribution is -0.0588. The smallest absolute Gasteiger partial charge is 0.268 e. The highest BCUT2D eigenvalue weighted by molar-refractivity contribution is 7.21. The summed E-state index contributed by atoms with van der Waals surface area (Å²) in [4.78, 5) is 17.7. The minimum Gasteiger partial charge on any atom is -0.268 e. The summed E-state index contributed by atoms with van der Waals surface area (Å²) in [6.07, 6.45) is 0. The lowest BCUT2D eigenvalue weighted by Gasteiger charge is -2.18. The van der Waals surface area contributed by atoms with Gasteiger partial charge < -0.3 is 0 Å². The third-order valence-electron chi connectivity index (χ3n) is 2.19. The first-order valence-corrected chi connectivity index (χ1v) is 6.73. The number of carbonyl (C=O) groups excluding carboxylic acids is 1. The van der Waals surface area contributed by atoms with Crippen molar-refractivity contribution in [2.24, 2.45) is 0 Å². The second kappa shape index (κ2) is 4.88. The number of carbonyl (C=O) groups is 1. The Balaban J connectivity index is 2.26. The summed E-state index contributed by atoms with van der Waals surface area (Å²) in [5.74, 6) is -0.309. The van der Waals surface area contributed by atoms with Gasteiger partial charge in [0.25, 0.3) is 5.91 Å². The molecular formula is C13H14ClNO2S. The van der Waals surface area contributed by atoms with Gasteiger partial charge in [0.2, 0.25) is 0 Å². The highest BCUT2D eigenvalue weighted by Crippen LogP contribution is 2.34. The fourth-order valence-corrected chi connectivity index (χ4v) is 2.81. The highest BCUT2D eigenvalue weighted by atomic mass is 35.5.